The maximum Gasteiger partial charge on any atom is 1.00 e. The van der Waals surface area contributed by atoms with Gasteiger partial charge in [-0.3, -0.25) is 0 Å². The van der Waals surface area contributed by atoms with Crippen molar-refractivity contribution in [1.82, 2.24) is 19.9 Å². The number of nitrogens with zero attached hydrogens (tertiary/aromatic N) is 4. The fraction of sp³-hybridized carbons (Fsp3) is 0. The van der Waals surface area contributed by atoms with E-state index >= 15 is 0 Å². The van der Waals surface area contributed by atoms with E-state index in [0.717, 1.165) is 89.4 Å². The summed E-state index contributed by atoms with van der Waals surface area (Å²) in [5.41, 5.74) is 15.0. The Morgan fingerprint density at radius 1 is 0.286 bits per heavy atom. The topological polar surface area (TPSA) is 54.0 Å². The van der Waals surface area contributed by atoms with Gasteiger partial charge >= 0.3 is 17.1 Å². The molecule has 2 aliphatic rings. The van der Waals surface area contributed by atoms with Crippen molar-refractivity contribution in [2.45, 2.75) is 0 Å². The van der Waals surface area contributed by atoms with Crippen LogP contribution in [0.4, 0.5) is 0 Å². The second-order valence-electron chi connectivity index (χ2n) is 11.8. The van der Waals surface area contributed by atoms with Gasteiger partial charge in [0.1, 0.15) is 0 Å². The summed E-state index contributed by atoms with van der Waals surface area (Å²) in [6.07, 6.45) is 8.41. The van der Waals surface area contributed by atoms with Crippen molar-refractivity contribution in [3.8, 4) is 44.5 Å². The van der Waals surface area contributed by atoms with E-state index in [9.17, 15) is 0 Å². The Bertz CT molecular complexity index is 2180. The van der Waals surface area contributed by atoms with Crippen molar-refractivity contribution in [1.29, 1.82) is 0 Å². The van der Waals surface area contributed by atoms with Gasteiger partial charge in [0.15, 0.2) is 0 Å². The second kappa shape index (κ2) is 12.9. The number of hydrogen-bond donors (Lipinski definition) is 0. The Morgan fingerprint density at radius 3 is 0.735 bits per heavy atom. The van der Waals surface area contributed by atoms with Gasteiger partial charge in [0.25, 0.3) is 0 Å². The molecule has 2 aliphatic heterocycles. The maximum absolute atomic E-state index is 5.31. The van der Waals surface area contributed by atoms with Crippen LogP contribution in [0.15, 0.2) is 146 Å². The molecule has 0 saturated heterocycles. The Balaban J connectivity index is 0.00000348. The summed E-state index contributed by atoms with van der Waals surface area (Å²) in [6, 6.07) is 50.0. The summed E-state index contributed by atoms with van der Waals surface area (Å²) in [7, 11) is 0. The fourth-order valence-corrected chi connectivity index (χ4v) is 6.69. The molecule has 7 aromatic rings. The molecule has 0 radical (unpaired) electrons. The molecule has 236 valence electrons. The smallest absolute Gasteiger partial charge is 0.657 e. The SMILES string of the molecule is C1=Cc2nc1c(-c1ccccc1)c1ccc([n-]1)c(-c1ccccc1)c1nc(c(-c3ccccc3)c3ccc([n-]3)c2-c2ccccc2)C=C1.[Cu+]. The van der Waals surface area contributed by atoms with Crippen molar-refractivity contribution in [3.63, 3.8) is 0 Å². The summed E-state index contributed by atoms with van der Waals surface area (Å²) < 4.78 is 0. The van der Waals surface area contributed by atoms with Gasteiger partial charge in [0, 0.05) is 0 Å². The summed E-state index contributed by atoms with van der Waals surface area (Å²) >= 11 is 0. The van der Waals surface area contributed by atoms with E-state index in [1.54, 1.807) is 0 Å². The van der Waals surface area contributed by atoms with Gasteiger partial charge in [-0.05, 0) is 68.8 Å². The maximum atomic E-state index is 5.31. The Morgan fingerprint density at radius 2 is 0.510 bits per heavy atom. The van der Waals surface area contributed by atoms with Gasteiger partial charge < -0.3 is 9.97 Å². The molecule has 0 amide bonds. The third-order valence-electron chi connectivity index (χ3n) is 8.86. The van der Waals surface area contributed by atoms with E-state index in [-0.39, 0.29) is 17.1 Å². The minimum atomic E-state index is 0. The van der Waals surface area contributed by atoms with E-state index in [0.29, 0.717) is 0 Å². The molecule has 3 aromatic heterocycles. The molecule has 5 heteroatoms. The first-order chi connectivity index (χ1) is 23.8. The molecule has 0 saturated carbocycles. The van der Waals surface area contributed by atoms with E-state index in [1.807, 2.05) is 24.3 Å². The van der Waals surface area contributed by atoms with Crippen LogP contribution in [0.5, 0.6) is 0 Å². The first kappa shape index (κ1) is 30.3. The van der Waals surface area contributed by atoms with Gasteiger partial charge in [-0.15, -0.1) is 22.1 Å². The Labute approximate surface area is 295 Å². The predicted molar refractivity (Wildman–Crippen MR) is 199 cm³/mol. The largest absolute Gasteiger partial charge is 1.00 e. The zero-order chi connectivity index (χ0) is 31.9. The van der Waals surface area contributed by atoms with E-state index in [1.165, 1.54) is 0 Å². The Hall–Kier alpha value is -6.00. The average molecular weight is 676 g/mol. The van der Waals surface area contributed by atoms with Gasteiger partial charge in [0.05, 0.1) is 22.8 Å². The normalized spacial score (nSPS) is 11.8. The minimum absolute atomic E-state index is 0. The van der Waals surface area contributed by atoms with E-state index in [4.69, 9.17) is 19.9 Å². The molecule has 0 unspecified atom stereocenters. The third-order valence-corrected chi connectivity index (χ3v) is 8.86. The standard InChI is InChI=1S/C44H28N4.Cu/c1-5-13-29(14-6-1)41-33-21-23-35(45-33)42(30-15-7-2-8-16-30)37-25-27-39(47-37)44(32-19-11-4-12-20-32)40-28-26-38(48-40)43(31-17-9-3-10-18-31)36-24-22-34(41)46-36;/h1-28H;/q-2;+1. The van der Waals surface area contributed by atoms with Crippen molar-refractivity contribution >= 4 is 46.4 Å². The molecule has 0 spiro atoms. The van der Waals surface area contributed by atoms with Crippen molar-refractivity contribution < 1.29 is 17.1 Å². The number of aromatic nitrogens is 4. The molecule has 0 aliphatic carbocycles. The summed E-state index contributed by atoms with van der Waals surface area (Å²) in [6.45, 7) is 0. The zero-order valence-corrected chi connectivity index (χ0v) is 27.2. The summed E-state index contributed by atoms with van der Waals surface area (Å²) in [5, 5.41) is 0. The van der Waals surface area contributed by atoms with Crippen LogP contribution in [0.2, 0.25) is 0 Å². The molecule has 49 heavy (non-hydrogen) atoms. The van der Waals surface area contributed by atoms with Gasteiger partial charge in [-0.1, -0.05) is 146 Å². The third kappa shape index (κ3) is 5.55. The predicted octanol–water partition coefficient (Wildman–Crippen LogP) is 10.6. The number of rotatable bonds is 4. The van der Waals surface area contributed by atoms with Crippen molar-refractivity contribution in [3.05, 3.63) is 168 Å². The van der Waals surface area contributed by atoms with Crippen molar-refractivity contribution in [2.24, 2.45) is 0 Å². The number of hydrogen-bond acceptors (Lipinski definition) is 2. The van der Waals surface area contributed by atoms with Crippen LogP contribution >= 0.6 is 0 Å². The first-order valence-corrected chi connectivity index (χ1v) is 16.1. The first-order valence-electron chi connectivity index (χ1n) is 16.1. The van der Waals surface area contributed by atoms with Gasteiger partial charge in [0.2, 0.25) is 0 Å². The van der Waals surface area contributed by atoms with Crippen LogP contribution in [0.3, 0.4) is 0 Å². The van der Waals surface area contributed by atoms with Crippen molar-refractivity contribution in [2.75, 3.05) is 0 Å². The van der Waals surface area contributed by atoms with Gasteiger partial charge in [-0.25, -0.2) is 9.97 Å². The molecule has 9 rings (SSSR count). The van der Waals surface area contributed by atoms with Crippen LogP contribution in [-0.2, 0) is 17.1 Å². The van der Waals surface area contributed by atoms with Crippen LogP contribution in [0, 0.1) is 0 Å². The van der Waals surface area contributed by atoms with Crippen LogP contribution in [0.25, 0.3) is 90.9 Å². The molecule has 4 aromatic carbocycles. The number of fused-ring (bicyclic) bond motifs is 8. The molecule has 8 bridgehead atoms. The average Bonchev–Trinajstić information content (AvgIpc) is 3.98. The zero-order valence-electron chi connectivity index (χ0n) is 26.3. The van der Waals surface area contributed by atoms with Crippen LogP contribution in [-0.4, -0.2) is 9.97 Å². The summed E-state index contributed by atoms with van der Waals surface area (Å²) in [5.74, 6) is 0. The molecule has 0 N–H and O–H groups in total. The molecule has 5 heterocycles. The van der Waals surface area contributed by atoms with Crippen LogP contribution in [0.1, 0.15) is 22.8 Å². The van der Waals surface area contributed by atoms with Gasteiger partial charge in [-0.2, -0.15) is 0 Å². The summed E-state index contributed by atoms with van der Waals surface area (Å²) in [4.78, 5) is 21.2. The van der Waals surface area contributed by atoms with E-state index in [2.05, 4.69) is 146 Å². The molecular formula is C44H28CuN4-. The number of benzene rings is 4. The van der Waals surface area contributed by atoms with Crippen LogP contribution < -0.4 is 9.97 Å². The fourth-order valence-electron chi connectivity index (χ4n) is 6.69. The second-order valence-corrected chi connectivity index (χ2v) is 11.8. The molecule has 0 fully saturated rings. The molecule has 4 nitrogen and oxygen atoms in total. The monoisotopic (exact) mass is 675 g/mol. The minimum Gasteiger partial charge on any atom is -0.657 e. The molecule has 0 atom stereocenters. The van der Waals surface area contributed by atoms with E-state index < -0.39 is 0 Å². The molecular weight excluding hydrogens is 648 g/mol. The quantitative estimate of drug-likeness (QED) is 0.174. The Kier molecular flexibility index (Phi) is 7.98.